The van der Waals surface area contributed by atoms with Crippen LogP contribution in [0.15, 0.2) is 24.3 Å². The second-order valence-corrected chi connectivity index (χ2v) is 5.92. The first-order valence-corrected chi connectivity index (χ1v) is 7.34. The number of aromatic carboxylic acids is 1. The molecule has 0 unspecified atom stereocenters. The number of carboxylic acid groups (broad SMARTS) is 1. The van der Waals surface area contributed by atoms with Gasteiger partial charge in [-0.25, -0.2) is 4.79 Å². The molecule has 0 bridgehead atoms. The van der Waals surface area contributed by atoms with Crippen molar-refractivity contribution in [3.8, 4) is 0 Å². The molecule has 102 valence electrons. The molecule has 2 rings (SSSR count). The van der Waals surface area contributed by atoms with E-state index in [2.05, 4.69) is 25.7 Å². The Morgan fingerprint density at radius 1 is 1.37 bits per heavy atom. The summed E-state index contributed by atoms with van der Waals surface area (Å²) in [6.45, 7) is 7.99. The topological polar surface area (TPSA) is 40.5 Å². The third-order valence-corrected chi connectivity index (χ3v) is 4.59. The number of fused-ring (bicyclic) bond motifs is 1. The van der Waals surface area contributed by atoms with Gasteiger partial charge >= 0.3 is 5.97 Å². The summed E-state index contributed by atoms with van der Waals surface area (Å²) < 4.78 is 1.05. The molecule has 0 atom stereocenters. The van der Waals surface area contributed by atoms with E-state index in [0.29, 0.717) is 17.5 Å². The number of rotatable bonds is 5. The van der Waals surface area contributed by atoms with Gasteiger partial charge in [-0.15, -0.1) is 11.3 Å². The molecule has 0 radical (unpaired) electrons. The van der Waals surface area contributed by atoms with E-state index >= 15 is 0 Å². The highest BCUT2D eigenvalue weighted by atomic mass is 32.1. The van der Waals surface area contributed by atoms with E-state index in [1.807, 2.05) is 24.3 Å². The minimum Gasteiger partial charge on any atom is -0.477 e. The maximum atomic E-state index is 11.4. The average molecular weight is 277 g/mol. The summed E-state index contributed by atoms with van der Waals surface area (Å²) in [7, 11) is 0. The number of carbonyl (C=O) groups is 1. The lowest BCUT2D eigenvalue weighted by Gasteiger charge is -2.24. The fraction of sp³-hybridized carbons (Fsp3) is 0.400. The van der Waals surface area contributed by atoms with Crippen LogP contribution in [0.1, 0.15) is 36.0 Å². The predicted molar refractivity (Wildman–Crippen MR) is 80.0 cm³/mol. The zero-order valence-corrected chi connectivity index (χ0v) is 12.3. The Kier molecular flexibility index (Phi) is 4.22. The van der Waals surface area contributed by atoms with Crippen molar-refractivity contribution in [1.29, 1.82) is 0 Å². The number of carboxylic acids is 1. The number of benzene rings is 1. The number of hydrogen-bond acceptors (Lipinski definition) is 3. The van der Waals surface area contributed by atoms with Crippen LogP contribution in [0.5, 0.6) is 0 Å². The van der Waals surface area contributed by atoms with Crippen molar-refractivity contribution < 1.29 is 9.90 Å². The molecule has 1 aromatic carbocycles. The van der Waals surface area contributed by atoms with Gasteiger partial charge in [-0.05, 0) is 37.4 Å². The van der Waals surface area contributed by atoms with Crippen LogP contribution >= 0.6 is 11.3 Å². The van der Waals surface area contributed by atoms with E-state index in [-0.39, 0.29) is 0 Å². The first kappa shape index (κ1) is 14.0. The van der Waals surface area contributed by atoms with Crippen molar-refractivity contribution in [2.45, 2.75) is 33.4 Å². The lowest BCUT2D eigenvalue weighted by Crippen LogP contribution is -2.30. The molecule has 2 aromatic rings. The monoisotopic (exact) mass is 277 g/mol. The van der Waals surface area contributed by atoms with Crippen LogP contribution in [0.25, 0.3) is 10.1 Å². The molecule has 0 aliphatic rings. The quantitative estimate of drug-likeness (QED) is 0.903. The molecule has 0 aliphatic heterocycles. The molecule has 1 heterocycles. The Morgan fingerprint density at radius 2 is 2.05 bits per heavy atom. The summed E-state index contributed by atoms with van der Waals surface area (Å²) in [5, 5.41) is 10.5. The first-order chi connectivity index (χ1) is 9.04. The third-order valence-electron chi connectivity index (χ3n) is 3.39. The van der Waals surface area contributed by atoms with Crippen molar-refractivity contribution >= 4 is 27.4 Å². The molecule has 0 saturated carbocycles. The maximum absolute atomic E-state index is 11.4. The Balaban J connectivity index is 2.50. The smallest absolute Gasteiger partial charge is 0.346 e. The van der Waals surface area contributed by atoms with Crippen molar-refractivity contribution in [3.63, 3.8) is 0 Å². The van der Waals surface area contributed by atoms with Gasteiger partial charge in [-0.2, -0.15) is 0 Å². The largest absolute Gasteiger partial charge is 0.477 e. The SMILES string of the molecule is CCN(Cc1c(C(=O)O)sc2ccccc12)C(C)C. The normalized spacial score (nSPS) is 11.6. The summed E-state index contributed by atoms with van der Waals surface area (Å²) in [4.78, 5) is 14.2. The average Bonchev–Trinajstić information content (AvgIpc) is 2.74. The van der Waals surface area contributed by atoms with Crippen LogP contribution in [-0.2, 0) is 6.54 Å². The molecule has 4 heteroatoms. The Labute approximate surface area is 117 Å². The Bertz CT molecular complexity index is 589. The van der Waals surface area contributed by atoms with Crippen molar-refractivity contribution in [2.24, 2.45) is 0 Å². The lowest BCUT2D eigenvalue weighted by atomic mass is 10.1. The van der Waals surface area contributed by atoms with E-state index in [0.717, 1.165) is 22.2 Å². The molecule has 0 amide bonds. The van der Waals surface area contributed by atoms with Crippen molar-refractivity contribution in [3.05, 3.63) is 34.7 Å². The fourth-order valence-electron chi connectivity index (χ4n) is 2.29. The van der Waals surface area contributed by atoms with E-state index in [4.69, 9.17) is 0 Å². The summed E-state index contributed by atoms with van der Waals surface area (Å²) in [6, 6.07) is 8.33. The molecule has 0 fully saturated rings. The van der Waals surface area contributed by atoms with E-state index in [1.54, 1.807) is 0 Å². The minimum atomic E-state index is -0.823. The zero-order valence-electron chi connectivity index (χ0n) is 11.5. The maximum Gasteiger partial charge on any atom is 0.346 e. The summed E-state index contributed by atoms with van der Waals surface area (Å²) in [6.07, 6.45) is 0. The van der Waals surface area contributed by atoms with Crippen molar-refractivity contribution in [2.75, 3.05) is 6.54 Å². The number of nitrogens with zero attached hydrogens (tertiary/aromatic N) is 1. The fourth-order valence-corrected chi connectivity index (χ4v) is 3.34. The Hall–Kier alpha value is -1.39. The van der Waals surface area contributed by atoms with Gasteiger partial charge in [-0.3, -0.25) is 4.90 Å². The molecule has 1 N–H and O–H groups in total. The number of hydrogen-bond donors (Lipinski definition) is 1. The highest BCUT2D eigenvalue weighted by Crippen LogP contribution is 2.32. The zero-order chi connectivity index (χ0) is 14.0. The standard InChI is InChI=1S/C15H19NO2S/c1-4-16(10(2)3)9-12-11-7-5-6-8-13(11)19-14(12)15(17)18/h5-8,10H,4,9H2,1-3H3,(H,17,18). The van der Waals surface area contributed by atoms with Crippen LogP contribution < -0.4 is 0 Å². The molecule has 0 saturated heterocycles. The highest BCUT2D eigenvalue weighted by Gasteiger charge is 2.20. The number of thiophene rings is 1. The van der Waals surface area contributed by atoms with Gasteiger partial charge in [0.05, 0.1) is 0 Å². The van der Waals surface area contributed by atoms with Gasteiger partial charge in [0.25, 0.3) is 0 Å². The van der Waals surface area contributed by atoms with Crippen LogP contribution in [0.4, 0.5) is 0 Å². The molecular formula is C15H19NO2S. The minimum absolute atomic E-state index is 0.408. The van der Waals surface area contributed by atoms with Gasteiger partial charge < -0.3 is 5.11 Å². The van der Waals surface area contributed by atoms with Crippen LogP contribution in [0.2, 0.25) is 0 Å². The third kappa shape index (κ3) is 2.80. The molecular weight excluding hydrogens is 258 g/mol. The van der Waals surface area contributed by atoms with Gasteiger partial charge in [0.2, 0.25) is 0 Å². The van der Waals surface area contributed by atoms with Crippen molar-refractivity contribution in [1.82, 2.24) is 4.90 Å². The predicted octanol–water partition coefficient (Wildman–Crippen LogP) is 3.83. The Morgan fingerprint density at radius 3 is 2.63 bits per heavy atom. The van der Waals surface area contributed by atoms with E-state index in [9.17, 15) is 9.90 Å². The molecule has 19 heavy (non-hydrogen) atoms. The summed E-state index contributed by atoms with van der Waals surface area (Å²) in [5.74, 6) is -0.823. The van der Waals surface area contributed by atoms with Crippen LogP contribution in [0, 0.1) is 0 Å². The van der Waals surface area contributed by atoms with Crippen LogP contribution in [-0.4, -0.2) is 28.6 Å². The van der Waals surface area contributed by atoms with E-state index < -0.39 is 5.97 Å². The van der Waals surface area contributed by atoms with Gasteiger partial charge in [0.1, 0.15) is 4.88 Å². The van der Waals surface area contributed by atoms with Gasteiger partial charge in [-0.1, -0.05) is 25.1 Å². The second-order valence-electron chi connectivity index (χ2n) is 4.87. The van der Waals surface area contributed by atoms with Gasteiger partial charge in [0.15, 0.2) is 0 Å². The van der Waals surface area contributed by atoms with E-state index in [1.165, 1.54) is 11.3 Å². The van der Waals surface area contributed by atoms with Crippen LogP contribution in [0.3, 0.4) is 0 Å². The molecule has 0 spiro atoms. The summed E-state index contributed by atoms with van der Waals surface area (Å²) in [5.41, 5.74) is 0.948. The molecule has 0 aliphatic carbocycles. The summed E-state index contributed by atoms with van der Waals surface area (Å²) >= 11 is 1.37. The molecule has 1 aromatic heterocycles. The molecule has 3 nitrogen and oxygen atoms in total. The first-order valence-electron chi connectivity index (χ1n) is 6.52. The van der Waals surface area contributed by atoms with Gasteiger partial charge in [0, 0.05) is 17.3 Å². The highest BCUT2D eigenvalue weighted by molar-refractivity contribution is 7.21. The lowest BCUT2D eigenvalue weighted by molar-refractivity contribution is 0.0699. The second kappa shape index (κ2) is 5.72.